The van der Waals surface area contributed by atoms with Crippen LogP contribution in [0.1, 0.15) is 50.3 Å². The van der Waals surface area contributed by atoms with Crippen LogP contribution in [-0.2, 0) is 34.2 Å². The highest BCUT2D eigenvalue weighted by molar-refractivity contribution is 5.96. The van der Waals surface area contributed by atoms with Crippen LogP contribution in [-0.4, -0.2) is 54.7 Å². The van der Waals surface area contributed by atoms with E-state index in [2.05, 4.69) is 0 Å². The Kier molecular flexibility index (Phi) is 9.72. The number of hydrogen-bond acceptors (Lipinski definition) is 6. The minimum Gasteiger partial charge on any atom is -0.465 e. The second kappa shape index (κ2) is 13.4. The quantitative estimate of drug-likeness (QED) is 0.190. The lowest BCUT2D eigenvalue weighted by atomic mass is 9.80. The monoisotopic (exact) mass is 543 g/mol. The number of hydrogen-bond donors (Lipinski definition) is 0. The zero-order valence-electron chi connectivity index (χ0n) is 23.3. The summed E-state index contributed by atoms with van der Waals surface area (Å²) in [5.74, 6) is -2.80. The summed E-state index contributed by atoms with van der Waals surface area (Å²) < 4.78 is 17.4. The first kappa shape index (κ1) is 29.0. The maximum atomic E-state index is 13.0. The fraction of sp³-hybridized carbons (Fsp3) is 0.364. The number of benzene rings is 3. The lowest BCUT2D eigenvalue weighted by Gasteiger charge is -2.38. The molecule has 7 nitrogen and oxygen atoms in total. The van der Waals surface area contributed by atoms with Gasteiger partial charge in [-0.25, -0.2) is 0 Å². The molecule has 3 aromatic rings. The minimum absolute atomic E-state index is 0.127. The molecule has 7 heteroatoms. The van der Waals surface area contributed by atoms with E-state index >= 15 is 0 Å². The van der Waals surface area contributed by atoms with E-state index in [4.69, 9.17) is 14.2 Å². The first-order chi connectivity index (χ1) is 19.4. The summed E-state index contributed by atoms with van der Waals surface area (Å²) in [6.07, 6.45) is 1.01. The Hall–Kier alpha value is -3.97. The standard InChI is InChI=1S/C33H37NO6/c1-4-38-31(36)30(32(37)39-5-2)29-22-21-28(34(29)24(3)35)23-40-33(25-15-9-6-10-16-25,26-17-11-7-12-18-26)27-19-13-8-14-20-27/h6-20,28-30H,4-5,21-23H2,1-3H3/t28-,29-/m0/s1. The van der Waals surface area contributed by atoms with Gasteiger partial charge in [0.25, 0.3) is 0 Å². The van der Waals surface area contributed by atoms with Gasteiger partial charge >= 0.3 is 11.9 Å². The average Bonchev–Trinajstić information content (AvgIpc) is 3.39. The van der Waals surface area contributed by atoms with Crippen LogP contribution in [0.5, 0.6) is 0 Å². The third kappa shape index (κ3) is 5.94. The van der Waals surface area contributed by atoms with Gasteiger partial charge in [-0.2, -0.15) is 0 Å². The molecule has 1 fully saturated rings. The smallest absolute Gasteiger partial charge is 0.322 e. The Morgan fingerprint density at radius 3 is 1.55 bits per heavy atom. The summed E-state index contributed by atoms with van der Waals surface area (Å²) in [5, 5.41) is 0. The molecule has 1 heterocycles. The van der Waals surface area contributed by atoms with Gasteiger partial charge in [-0.1, -0.05) is 91.0 Å². The molecule has 0 unspecified atom stereocenters. The molecule has 2 atom stereocenters. The van der Waals surface area contributed by atoms with Crippen LogP contribution in [0.15, 0.2) is 91.0 Å². The number of esters is 2. The molecule has 0 N–H and O–H groups in total. The third-order valence-corrected chi connectivity index (χ3v) is 7.41. The summed E-state index contributed by atoms with van der Waals surface area (Å²) in [5.41, 5.74) is 1.90. The number of carbonyl (C=O) groups is 3. The van der Waals surface area contributed by atoms with E-state index in [1.807, 2.05) is 91.0 Å². The summed E-state index contributed by atoms with van der Waals surface area (Å²) >= 11 is 0. The molecular weight excluding hydrogens is 506 g/mol. The number of carbonyl (C=O) groups excluding carboxylic acids is 3. The van der Waals surface area contributed by atoms with Gasteiger partial charge in [0, 0.05) is 6.92 Å². The summed E-state index contributed by atoms with van der Waals surface area (Å²) in [7, 11) is 0. The molecule has 1 aliphatic rings. The van der Waals surface area contributed by atoms with Crippen molar-refractivity contribution in [2.45, 2.75) is 51.3 Å². The van der Waals surface area contributed by atoms with Gasteiger partial charge in [-0.15, -0.1) is 0 Å². The third-order valence-electron chi connectivity index (χ3n) is 7.41. The Labute approximate surface area is 236 Å². The number of nitrogens with zero attached hydrogens (tertiary/aromatic N) is 1. The molecule has 1 amide bonds. The van der Waals surface area contributed by atoms with Crippen molar-refractivity contribution in [3.8, 4) is 0 Å². The fourth-order valence-corrected chi connectivity index (χ4v) is 5.76. The molecule has 0 aromatic heterocycles. The van der Waals surface area contributed by atoms with Gasteiger partial charge in [0.2, 0.25) is 5.91 Å². The summed E-state index contributed by atoms with van der Waals surface area (Å²) in [6, 6.07) is 29.0. The van der Waals surface area contributed by atoms with E-state index < -0.39 is 29.5 Å². The van der Waals surface area contributed by atoms with Crippen LogP contribution in [0.4, 0.5) is 0 Å². The molecule has 3 aromatic carbocycles. The lowest BCUT2D eigenvalue weighted by Crippen LogP contribution is -2.50. The van der Waals surface area contributed by atoms with Crippen molar-refractivity contribution in [1.29, 1.82) is 0 Å². The highest BCUT2D eigenvalue weighted by atomic mass is 16.6. The maximum absolute atomic E-state index is 13.0. The Bertz CT molecular complexity index is 1150. The normalized spacial score (nSPS) is 17.1. The number of rotatable bonds is 11. The molecule has 210 valence electrons. The maximum Gasteiger partial charge on any atom is 0.322 e. The zero-order valence-corrected chi connectivity index (χ0v) is 23.3. The predicted octanol–water partition coefficient (Wildman–Crippen LogP) is 5.12. The van der Waals surface area contributed by atoms with E-state index in [1.165, 1.54) is 6.92 Å². The Morgan fingerprint density at radius 2 is 1.18 bits per heavy atom. The van der Waals surface area contributed by atoms with Gasteiger partial charge in [-0.3, -0.25) is 14.4 Å². The van der Waals surface area contributed by atoms with Crippen LogP contribution in [0.3, 0.4) is 0 Å². The van der Waals surface area contributed by atoms with Crippen molar-refractivity contribution in [2.75, 3.05) is 19.8 Å². The molecule has 1 saturated heterocycles. The van der Waals surface area contributed by atoms with Gasteiger partial charge < -0.3 is 19.1 Å². The second-order valence-corrected chi connectivity index (χ2v) is 9.80. The average molecular weight is 544 g/mol. The van der Waals surface area contributed by atoms with Crippen molar-refractivity contribution in [2.24, 2.45) is 5.92 Å². The van der Waals surface area contributed by atoms with Gasteiger partial charge in [0.1, 0.15) is 5.60 Å². The highest BCUT2D eigenvalue weighted by Gasteiger charge is 2.48. The Morgan fingerprint density at radius 1 is 0.750 bits per heavy atom. The zero-order chi connectivity index (χ0) is 28.5. The molecule has 0 spiro atoms. The van der Waals surface area contributed by atoms with Crippen molar-refractivity contribution in [1.82, 2.24) is 4.90 Å². The molecule has 40 heavy (non-hydrogen) atoms. The van der Waals surface area contributed by atoms with Crippen LogP contribution >= 0.6 is 0 Å². The van der Waals surface area contributed by atoms with Gasteiger partial charge in [-0.05, 0) is 43.4 Å². The SMILES string of the molecule is CCOC(=O)C(C(=O)OCC)[C@@H]1CC[C@@H](COC(c2ccccc2)(c2ccccc2)c2ccccc2)N1C(C)=O. The summed E-state index contributed by atoms with van der Waals surface area (Å²) in [4.78, 5) is 40.5. The van der Waals surface area contributed by atoms with E-state index in [-0.39, 0.29) is 31.8 Å². The van der Waals surface area contributed by atoms with E-state index in [0.29, 0.717) is 12.8 Å². The first-order valence-electron chi connectivity index (χ1n) is 13.9. The van der Waals surface area contributed by atoms with Crippen LogP contribution in [0.2, 0.25) is 0 Å². The van der Waals surface area contributed by atoms with Crippen molar-refractivity contribution >= 4 is 17.8 Å². The van der Waals surface area contributed by atoms with Crippen LogP contribution < -0.4 is 0 Å². The fourth-order valence-electron chi connectivity index (χ4n) is 5.76. The lowest BCUT2D eigenvalue weighted by molar-refractivity contribution is -0.165. The molecule has 0 aliphatic carbocycles. The summed E-state index contributed by atoms with van der Waals surface area (Å²) in [6.45, 7) is 5.27. The van der Waals surface area contributed by atoms with Crippen molar-refractivity contribution in [3.63, 3.8) is 0 Å². The number of amides is 1. The second-order valence-electron chi connectivity index (χ2n) is 9.80. The van der Waals surface area contributed by atoms with Crippen molar-refractivity contribution in [3.05, 3.63) is 108 Å². The Balaban J connectivity index is 1.72. The van der Waals surface area contributed by atoms with E-state index in [9.17, 15) is 14.4 Å². The molecule has 4 rings (SSSR count). The number of likely N-dealkylation sites (tertiary alicyclic amines) is 1. The van der Waals surface area contributed by atoms with Crippen molar-refractivity contribution < 1.29 is 28.6 Å². The van der Waals surface area contributed by atoms with Crippen LogP contribution in [0.25, 0.3) is 0 Å². The number of ether oxygens (including phenoxy) is 3. The van der Waals surface area contributed by atoms with E-state index in [1.54, 1.807) is 18.7 Å². The largest absolute Gasteiger partial charge is 0.465 e. The minimum atomic E-state index is -1.21. The van der Waals surface area contributed by atoms with Gasteiger partial charge in [0.05, 0.1) is 31.9 Å². The van der Waals surface area contributed by atoms with E-state index in [0.717, 1.165) is 16.7 Å². The van der Waals surface area contributed by atoms with Gasteiger partial charge in [0.15, 0.2) is 5.92 Å². The molecule has 0 bridgehead atoms. The molecule has 1 aliphatic heterocycles. The molecule has 0 radical (unpaired) electrons. The first-order valence-corrected chi connectivity index (χ1v) is 13.9. The topological polar surface area (TPSA) is 82.1 Å². The molecule has 0 saturated carbocycles. The van der Waals surface area contributed by atoms with Crippen LogP contribution in [0, 0.1) is 5.92 Å². The molecular formula is C33H37NO6. The highest BCUT2D eigenvalue weighted by Crippen LogP contribution is 2.42. The predicted molar refractivity (Wildman–Crippen MR) is 151 cm³/mol.